The molecular weight excluding hydrogens is 450 g/mol. The second kappa shape index (κ2) is 12.4. The van der Waals surface area contributed by atoms with Gasteiger partial charge in [0.15, 0.2) is 11.5 Å². The van der Waals surface area contributed by atoms with Crippen molar-refractivity contribution in [2.24, 2.45) is 10.7 Å². The SMILES string of the molecule is CC\C=C(OCC(C)(C)NC(=O)c1ccc2c(c1)OCCO2)/C(=C(C)/N=C(/C)CC(=O)O)C(C)N. The van der Waals surface area contributed by atoms with E-state index in [0.29, 0.717) is 59.4 Å². The van der Waals surface area contributed by atoms with Crippen LogP contribution < -0.4 is 20.5 Å². The average molecular weight is 488 g/mol. The molecule has 1 atom stereocenters. The smallest absolute Gasteiger partial charge is 0.309 e. The van der Waals surface area contributed by atoms with Gasteiger partial charge in [-0.15, -0.1) is 0 Å². The molecule has 0 saturated carbocycles. The third-order valence-corrected chi connectivity index (χ3v) is 5.11. The van der Waals surface area contributed by atoms with Gasteiger partial charge in [0.05, 0.1) is 12.0 Å². The van der Waals surface area contributed by atoms with Gasteiger partial charge in [0.2, 0.25) is 0 Å². The highest BCUT2D eigenvalue weighted by Crippen LogP contribution is 2.31. The van der Waals surface area contributed by atoms with Crippen LogP contribution in [-0.2, 0) is 9.53 Å². The largest absolute Gasteiger partial charge is 0.491 e. The lowest BCUT2D eigenvalue weighted by Gasteiger charge is -2.29. The number of aliphatic imine (C=N–C) groups is 1. The number of nitrogens with two attached hydrogens (primary N) is 1. The highest BCUT2D eigenvalue weighted by molar-refractivity contribution is 5.97. The minimum absolute atomic E-state index is 0.157. The maximum Gasteiger partial charge on any atom is 0.309 e. The van der Waals surface area contributed by atoms with Gasteiger partial charge >= 0.3 is 5.97 Å². The van der Waals surface area contributed by atoms with Gasteiger partial charge in [-0.25, -0.2) is 0 Å². The first-order chi connectivity index (χ1) is 16.4. The van der Waals surface area contributed by atoms with Gasteiger partial charge in [-0.05, 0) is 65.3 Å². The Morgan fingerprint density at radius 1 is 1.26 bits per heavy atom. The van der Waals surface area contributed by atoms with Crippen molar-refractivity contribution in [2.75, 3.05) is 19.8 Å². The highest BCUT2D eigenvalue weighted by Gasteiger charge is 2.25. The molecule has 0 radical (unpaired) electrons. The number of aliphatic carboxylic acids is 1. The summed E-state index contributed by atoms with van der Waals surface area (Å²) >= 11 is 0. The molecule has 2 rings (SSSR count). The summed E-state index contributed by atoms with van der Waals surface area (Å²) in [4.78, 5) is 28.3. The van der Waals surface area contributed by atoms with Crippen molar-refractivity contribution in [2.45, 2.75) is 66.0 Å². The van der Waals surface area contributed by atoms with E-state index in [1.165, 1.54) is 0 Å². The summed E-state index contributed by atoms with van der Waals surface area (Å²) < 4.78 is 17.2. The number of amides is 1. The molecule has 0 bridgehead atoms. The number of nitrogens with one attached hydrogen (secondary N) is 1. The standard InChI is InChI=1S/C26H37N3O6/c1-7-8-21(24(17(3)27)18(4)28-16(2)13-23(30)31)35-15-26(5,6)29-25(32)19-9-10-20-22(14-19)34-12-11-33-20/h8-10,14,17H,7,11-13,15,27H2,1-6H3,(H,29,32)(H,30,31)/b21-8+,24-18+,28-16-. The van der Waals surface area contributed by atoms with Crippen LogP contribution in [0.5, 0.6) is 11.5 Å². The number of carboxylic acids is 1. The predicted molar refractivity (Wildman–Crippen MR) is 135 cm³/mol. The average Bonchev–Trinajstić information content (AvgIpc) is 2.76. The Kier molecular flexibility index (Phi) is 9.89. The second-order valence-corrected chi connectivity index (χ2v) is 9.17. The normalized spacial score (nSPS) is 15.7. The van der Waals surface area contributed by atoms with Crippen LogP contribution in [0, 0.1) is 0 Å². The zero-order valence-corrected chi connectivity index (χ0v) is 21.4. The first-order valence-electron chi connectivity index (χ1n) is 11.7. The van der Waals surface area contributed by atoms with E-state index in [1.54, 1.807) is 32.0 Å². The number of hydrogen-bond donors (Lipinski definition) is 3. The Morgan fingerprint density at radius 3 is 2.51 bits per heavy atom. The number of carboxylic acid groups (broad SMARTS) is 1. The fraction of sp³-hybridized carbons (Fsp3) is 0.500. The van der Waals surface area contributed by atoms with Crippen LogP contribution in [0.4, 0.5) is 0 Å². The zero-order valence-electron chi connectivity index (χ0n) is 21.4. The number of carbonyl (C=O) groups is 2. The molecule has 0 spiro atoms. The third kappa shape index (κ3) is 8.43. The fourth-order valence-electron chi connectivity index (χ4n) is 3.63. The molecule has 4 N–H and O–H groups in total. The van der Waals surface area contributed by atoms with Gasteiger partial charge in [0.25, 0.3) is 5.91 Å². The molecule has 1 aromatic carbocycles. The van der Waals surface area contributed by atoms with Gasteiger partial charge < -0.3 is 30.4 Å². The van der Waals surface area contributed by atoms with Crippen LogP contribution >= 0.6 is 0 Å². The molecule has 1 aromatic rings. The third-order valence-electron chi connectivity index (χ3n) is 5.11. The quantitative estimate of drug-likeness (QED) is 0.245. The van der Waals surface area contributed by atoms with Crippen LogP contribution in [0.2, 0.25) is 0 Å². The number of benzene rings is 1. The van der Waals surface area contributed by atoms with E-state index >= 15 is 0 Å². The molecule has 0 saturated heterocycles. The van der Waals surface area contributed by atoms with Crippen molar-refractivity contribution >= 4 is 17.6 Å². The molecule has 1 unspecified atom stereocenters. The van der Waals surface area contributed by atoms with Crippen molar-refractivity contribution in [3.05, 3.63) is 46.9 Å². The molecule has 1 heterocycles. The minimum Gasteiger partial charge on any atom is -0.491 e. The second-order valence-electron chi connectivity index (χ2n) is 9.17. The maximum absolute atomic E-state index is 12.9. The molecule has 9 heteroatoms. The van der Waals surface area contributed by atoms with E-state index in [2.05, 4.69) is 10.3 Å². The maximum atomic E-state index is 12.9. The molecule has 0 aromatic heterocycles. The molecule has 9 nitrogen and oxygen atoms in total. The van der Waals surface area contributed by atoms with Crippen LogP contribution in [0.3, 0.4) is 0 Å². The van der Waals surface area contributed by atoms with Gasteiger partial charge in [-0.1, -0.05) is 6.92 Å². The number of nitrogens with zero attached hydrogens (tertiary/aromatic N) is 1. The highest BCUT2D eigenvalue weighted by atomic mass is 16.6. The lowest BCUT2D eigenvalue weighted by Crippen LogP contribution is -2.47. The Hall–Kier alpha value is -3.33. The summed E-state index contributed by atoms with van der Waals surface area (Å²) in [6, 6.07) is 4.69. The molecule has 192 valence electrons. The number of fused-ring (bicyclic) bond motifs is 1. The Labute approximate surface area is 207 Å². The lowest BCUT2D eigenvalue weighted by molar-refractivity contribution is -0.135. The number of carbonyl (C=O) groups excluding carboxylic acids is 1. The Balaban J connectivity index is 2.17. The van der Waals surface area contributed by atoms with Crippen LogP contribution in [-0.4, -0.2) is 54.1 Å². The Bertz CT molecular complexity index is 1020. The van der Waals surface area contributed by atoms with Gasteiger partial charge in [0.1, 0.15) is 25.6 Å². The number of hydrogen-bond acceptors (Lipinski definition) is 7. The van der Waals surface area contributed by atoms with Crippen molar-refractivity contribution in [3.8, 4) is 11.5 Å². The number of allylic oxidation sites excluding steroid dienone is 2. The summed E-state index contributed by atoms with van der Waals surface area (Å²) in [5.41, 5.74) is 7.74. The van der Waals surface area contributed by atoms with Crippen molar-refractivity contribution in [1.29, 1.82) is 0 Å². The summed E-state index contributed by atoms with van der Waals surface area (Å²) in [5.74, 6) is 0.527. The van der Waals surface area contributed by atoms with E-state index in [0.717, 1.165) is 0 Å². The van der Waals surface area contributed by atoms with Crippen LogP contribution in [0.15, 0.2) is 46.3 Å². The van der Waals surface area contributed by atoms with Crippen LogP contribution in [0.1, 0.15) is 64.7 Å². The predicted octanol–water partition coefficient (Wildman–Crippen LogP) is 3.83. The fourth-order valence-corrected chi connectivity index (χ4v) is 3.63. The van der Waals surface area contributed by atoms with E-state index < -0.39 is 17.6 Å². The molecule has 1 aliphatic rings. The number of rotatable bonds is 11. The first kappa shape index (κ1) is 27.9. The van der Waals surface area contributed by atoms with E-state index in [1.807, 2.05) is 33.8 Å². The monoisotopic (exact) mass is 487 g/mol. The van der Waals surface area contributed by atoms with E-state index in [9.17, 15) is 9.59 Å². The number of ether oxygens (including phenoxy) is 3. The molecular formula is C26H37N3O6. The molecule has 35 heavy (non-hydrogen) atoms. The molecule has 0 aliphatic carbocycles. The minimum atomic E-state index is -0.947. The first-order valence-corrected chi connectivity index (χ1v) is 11.7. The Morgan fingerprint density at radius 2 is 1.91 bits per heavy atom. The summed E-state index contributed by atoms with van der Waals surface area (Å²) in [6.45, 7) is 12.1. The molecule has 1 amide bonds. The van der Waals surface area contributed by atoms with Crippen molar-refractivity contribution < 1.29 is 28.9 Å². The zero-order chi connectivity index (χ0) is 26.2. The van der Waals surface area contributed by atoms with E-state index in [-0.39, 0.29) is 18.9 Å². The van der Waals surface area contributed by atoms with Gasteiger partial charge in [-0.3, -0.25) is 14.6 Å². The van der Waals surface area contributed by atoms with Gasteiger partial charge in [-0.2, -0.15) is 0 Å². The summed E-state index contributed by atoms with van der Waals surface area (Å²) in [7, 11) is 0. The molecule has 0 fully saturated rings. The van der Waals surface area contributed by atoms with E-state index in [4.69, 9.17) is 25.1 Å². The van der Waals surface area contributed by atoms with Gasteiger partial charge in [0, 0.05) is 28.6 Å². The van der Waals surface area contributed by atoms with Crippen LogP contribution in [0.25, 0.3) is 0 Å². The molecule has 1 aliphatic heterocycles. The van der Waals surface area contributed by atoms with Crippen molar-refractivity contribution in [3.63, 3.8) is 0 Å². The topological polar surface area (TPSA) is 132 Å². The summed E-state index contributed by atoms with van der Waals surface area (Å²) in [5, 5.41) is 12.0. The summed E-state index contributed by atoms with van der Waals surface area (Å²) in [6.07, 6.45) is 2.44. The van der Waals surface area contributed by atoms with Crippen molar-refractivity contribution in [1.82, 2.24) is 5.32 Å². The lowest BCUT2D eigenvalue weighted by atomic mass is 10.0.